The van der Waals surface area contributed by atoms with Crippen molar-refractivity contribution >= 4 is 5.91 Å². The van der Waals surface area contributed by atoms with Crippen LogP contribution in [0.5, 0.6) is 5.75 Å². The molecule has 78 valence electrons. The molecule has 0 saturated heterocycles. The van der Waals surface area contributed by atoms with Crippen LogP contribution in [0.2, 0.25) is 0 Å². The number of rotatable bonds is 3. The second-order valence-electron chi connectivity index (χ2n) is 2.98. The van der Waals surface area contributed by atoms with Gasteiger partial charge in [0.1, 0.15) is 5.75 Å². The van der Waals surface area contributed by atoms with Crippen molar-refractivity contribution < 1.29 is 9.90 Å². The molecule has 0 aliphatic carbocycles. The molecular formula is C12H13NO2. The minimum atomic E-state index is -0.191. The Labute approximate surface area is 89.1 Å². The Bertz CT molecular complexity index is 402. The predicted molar refractivity (Wildman–Crippen MR) is 58.5 cm³/mol. The lowest BCUT2D eigenvalue weighted by molar-refractivity contribution is 0.0954. The topological polar surface area (TPSA) is 49.3 Å². The lowest BCUT2D eigenvalue weighted by atomic mass is 10.2. The maximum absolute atomic E-state index is 11.5. The molecule has 0 atom stereocenters. The highest BCUT2D eigenvalue weighted by Gasteiger charge is 2.03. The van der Waals surface area contributed by atoms with E-state index >= 15 is 0 Å². The third-order valence-electron chi connectivity index (χ3n) is 1.82. The van der Waals surface area contributed by atoms with Crippen LogP contribution in [-0.2, 0) is 0 Å². The molecule has 1 rings (SSSR count). The Morgan fingerprint density at radius 3 is 3.00 bits per heavy atom. The van der Waals surface area contributed by atoms with Gasteiger partial charge in [0.15, 0.2) is 0 Å². The van der Waals surface area contributed by atoms with Crippen molar-refractivity contribution in [1.82, 2.24) is 5.32 Å². The van der Waals surface area contributed by atoms with Gasteiger partial charge in [0.05, 0.1) is 0 Å². The fourth-order valence-electron chi connectivity index (χ4n) is 1.11. The zero-order valence-corrected chi connectivity index (χ0v) is 8.58. The zero-order valence-electron chi connectivity index (χ0n) is 8.58. The molecule has 0 aromatic heterocycles. The van der Waals surface area contributed by atoms with Gasteiger partial charge in [-0.2, -0.15) is 0 Å². The third kappa shape index (κ3) is 3.74. The minimum absolute atomic E-state index is 0.0935. The van der Waals surface area contributed by atoms with Crippen molar-refractivity contribution in [2.45, 2.75) is 13.3 Å². The number of hydrogen-bond acceptors (Lipinski definition) is 2. The molecule has 0 heterocycles. The molecule has 0 aliphatic rings. The molecule has 0 fully saturated rings. The van der Waals surface area contributed by atoms with Crippen molar-refractivity contribution in [2.24, 2.45) is 0 Å². The summed E-state index contributed by atoms with van der Waals surface area (Å²) in [6.07, 6.45) is 0.640. The van der Waals surface area contributed by atoms with Gasteiger partial charge >= 0.3 is 0 Å². The Hall–Kier alpha value is -1.95. The summed E-state index contributed by atoms with van der Waals surface area (Å²) in [5.74, 6) is 5.50. The van der Waals surface area contributed by atoms with Gasteiger partial charge in [-0.3, -0.25) is 4.79 Å². The summed E-state index contributed by atoms with van der Waals surface area (Å²) in [5.41, 5.74) is 0.458. The maximum atomic E-state index is 11.5. The molecular weight excluding hydrogens is 190 g/mol. The van der Waals surface area contributed by atoms with Gasteiger partial charge in [0, 0.05) is 18.5 Å². The minimum Gasteiger partial charge on any atom is -0.508 e. The lowest BCUT2D eigenvalue weighted by Crippen LogP contribution is -2.24. The summed E-state index contributed by atoms with van der Waals surface area (Å²) in [4.78, 5) is 11.5. The van der Waals surface area contributed by atoms with E-state index in [4.69, 9.17) is 5.11 Å². The first-order valence-electron chi connectivity index (χ1n) is 4.71. The number of amides is 1. The Morgan fingerprint density at radius 1 is 1.53 bits per heavy atom. The van der Waals surface area contributed by atoms with Crippen LogP contribution in [0.3, 0.4) is 0 Å². The van der Waals surface area contributed by atoms with Gasteiger partial charge in [-0.25, -0.2) is 0 Å². The quantitative estimate of drug-likeness (QED) is 0.578. The average Bonchev–Trinajstić information content (AvgIpc) is 2.24. The van der Waals surface area contributed by atoms with E-state index in [1.54, 1.807) is 19.1 Å². The number of phenols is 1. The van der Waals surface area contributed by atoms with Gasteiger partial charge in [0.25, 0.3) is 5.91 Å². The van der Waals surface area contributed by atoms with Crippen LogP contribution in [0, 0.1) is 11.8 Å². The second kappa shape index (κ2) is 5.71. The van der Waals surface area contributed by atoms with E-state index in [-0.39, 0.29) is 11.7 Å². The van der Waals surface area contributed by atoms with Crippen LogP contribution in [0.15, 0.2) is 24.3 Å². The molecule has 1 amide bonds. The van der Waals surface area contributed by atoms with Gasteiger partial charge in [0.2, 0.25) is 0 Å². The summed E-state index contributed by atoms with van der Waals surface area (Å²) >= 11 is 0. The standard InChI is InChI=1S/C12H13NO2/c1-2-3-4-8-13-12(15)10-6-5-7-11(14)9-10/h5-7,9,14H,4,8H2,1H3,(H,13,15). The Morgan fingerprint density at radius 2 is 2.33 bits per heavy atom. The summed E-state index contributed by atoms with van der Waals surface area (Å²) < 4.78 is 0. The van der Waals surface area contributed by atoms with Gasteiger partial charge in [-0.15, -0.1) is 11.8 Å². The number of benzene rings is 1. The number of phenolic OH excluding ortho intramolecular Hbond substituents is 1. The van der Waals surface area contributed by atoms with Gasteiger partial charge in [-0.05, 0) is 25.1 Å². The van der Waals surface area contributed by atoms with E-state index in [0.717, 1.165) is 0 Å². The van der Waals surface area contributed by atoms with E-state index < -0.39 is 0 Å². The number of aromatic hydroxyl groups is 1. The molecule has 0 spiro atoms. The summed E-state index contributed by atoms with van der Waals surface area (Å²) in [6, 6.07) is 6.25. The van der Waals surface area contributed by atoms with Crippen molar-refractivity contribution in [3.63, 3.8) is 0 Å². The highest BCUT2D eigenvalue weighted by Crippen LogP contribution is 2.10. The van der Waals surface area contributed by atoms with Crippen LogP contribution >= 0.6 is 0 Å². The van der Waals surface area contributed by atoms with Crippen LogP contribution in [0.4, 0.5) is 0 Å². The van der Waals surface area contributed by atoms with Gasteiger partial charge in [-0.1, -0.05) is 6.07 Å². The smallest absolute Gasteiger partial charge is 0.251 e. The molecule has 0 bridgehead atoms. The molecule has 0 unspecified atom stereocenters. The lowest BCUT2D eigenvalue weighted by Gasteiger charge is -2.02. The maximum Gasteiger partial charge on any atom is 0.251 e. The zero-order chi connectivity index (χ0) is 11.1. The van der Waals surface area contributed by atoms with E-state index in [9.17, 15) is 4.79 Å². The number of hydrogen-bond donors (Lipinski definition) is 2. The summed E-state index contributed by atoms with van der Waals surface area (Å²) in [6.45, 7) is 2.28. The SMILES string of the molecule is CC#CCCNC(=O)c1cccc(O)c1. The highest BCUT2D eigenvalue weighted by atomic mass is 16.3. The third-order valence-corrected chi connectivity index (χ3v) is 1.82. The van der Waals surface area contributed by atoms with Crippen LogP contribution in [0.25, 0.3) is 0 Å². The summed E-state index contributed by atoms with van der Waals surface area (Å²) in [5, 5.41) is 11.9. The van der Waals surface area contributed by atoms with E-state index in [2.05, 4.69) is 17.2 Å². The fourth-order valence-corrected chi connectivity index (χ4v) is 1.11. The normalized spacial score (nSPS) is 8.87. The van der Waals surface area contributed by atoms with E-state index in [1.165, 1.54) is 12.1 Å². The van der Waals surface area contributed by atoms with Crippen molar-refractivity contribution in [2.75, 3.05) is 6.54 Å². The van der Waals surface area contributed by atoms with Crippen LogP contribution < -0.4 is 5.32 Å². The number of carbonyl (C=O) groups excluding carboxylic acids is 1. The molecule has 15 heavy (non-hydrogen) atoms. The summed E-state index contributed by atoms with van der Waals surface area (Å²) in [7, 11) is 0. The molecule has 2 N–H and O–H groups in total. The molecule has 1 aromatic carbocycles. The fraction of sp³-hybridized carbons (Fsp3) is 0.250. The number of carbonyl (C=O) groups is 1. The Balaban J connectivity index is 2.49. The largest absolute Gasteiger partial charge is 0.508 e. The average molecular weight is 203 g/mol. The monoisotopic (exact) mass is 203 g/mol. The molecule has 1 aromatic rings. The first-order valence-corrected chi connectivity index (χ1v) is 4.71. The van der Waals surface area contributed by atoms with Gasteiger partial charge < -0.3 is 10.4 Å². The van der Waals surface area contributed by atoms with E-state index in [1.807, 2.05) is 0 Å². The first-order chi connectivity index (χ1) is 7.24. The Kier molecular flexibility index (Phi) is 4.24. The molecule has 3 heteroatoms. The molecule has 3 nitrogen and oxygen atoms in total. The molecule has 0 saturated carbocycles. The van der Waals surface area contributed by atoms with Crippen molar-refractivity contribution in [3.8, 4) is 17.6 Å². The predicted octanol–water partition coefficient (Wildman–Crippen LogP) is 1.54. The molecule has 0 radical (unpaired) electrons. The van der Waals surface area contributed by atoms with Crippen molar-refractivity contribution in [3.05, 3.63) is 29.8 Å². The van der Waals surface area contributed by atoms with Crippen molar-refractivity contribution in [1.29, 1.82) is 0 Å². The van der Waals surface area contributed by atoms with Crippen LogP contribution in [-0.4, -0.2) is 17.6 Å². The second-order valence-corrected chi connectivity index (χ2v) is 2.98. The molecule has 0 aliphatic heterocycles. The van der Waals surface area contributed by atoms with Crippen LogP contribution in [0.1, 0.15) is 23.7 Å². The van der Waals surface area contributed by atoms with E-state index in [0.29, 0.717) is 18.5 Å². The number of nitrogens with one attached hydrogen (secondary N) is 1. The highest BCUT2D eigenvalue weighted by molar-refractivity contribution is 5.94. The first kappa shape index (κ1) is 11.1.